The molecule has 1 heterocycles. The van der Waals surface area contributed by atoms with Crippen molar-refractivity contribution in [2.45, 2.75) is 19.8 Å². The molecule has 24 heavy (non-hydrogen) atoms. The van der Waals surface area contributed by atoms with Gasteiger partial charge in [0.25, 0.3) is 0 Å². The van der Waals surface area contributed by atoms with Crippen LogP contribution in [0.5, 0.6) is 5.75 Å². The van der Waals surface area contributed by atoms with E-state index in [0.29, 0.717) is 13.0 Å². The van der Waals surface area contributed by atoms with Crippen LogP contribution in [-0.2, 0) is 0 Å². The van der Waals surface area contributed by atoms with Gasteiger partial charge in [-0.05, 0) is 23.3 Å². The number of hydrogen-bond acceptors (Lipinski definition) is 4. The van der Waals surface area contributed by atoms with Crippen LogP contribution in [0.25, 0.3) is 10.8 Å². The third-order valence-corrected chi connectivity index (χ3v) is 4.50. The van der Waals surface area contributed by atoms with Gasteiger partial charge in [-0.25, -0.2) is 0 Å². The maximum absolute atomic E-state index is 13.0. The normalized spacial score (nSPS) is 15.5. The minimum atomic E-state index is 0.177. The van der Waals surface area contributed by atoms with Gasteiger partial charge in [0.2, 0.25) is 0 Å². The van der Waals surface area contributed by atoms with Crippen LogP contribution in [0.2, 0.25) is 0 Å². The number of carbonyl (C=O) groups is 1. The molecule has 0 spiro atoms. The van der Waals surface area contributed by atoms with Crippen molar-refractivity contribution in [1.82, 2.24) is 10.2 Å². The number of fused-ring (bicyclic) bond motifs is 1. The van der Waals surface area contributed by atoms with Crippen LogP contribution in [0, 0.1) is 0 Å². The first-order chi connectivity index (χ1) is 11.8. The van der Waals surface area contributed by atoms with Gasteiger partial charge in [-0.2, -0.15) is 0 Å². The Morgan fingerprint density at radius 1 is 1.17 bits per heavy atom. The second kappa shape index (κ2) is 8.27. The first-order valence-electron chi connectivity index (χ1n) is 8.90. The Hall–Kier alpha value is -1.91. The van der Waals surface area contributed by atoms with Crippen molar-refractivity contribution in [2.75, 3.05) is 39.3 Å². The second-order valence-corrected chi connectivity index (χ2v) is 6.27. The molecular formula is C20H26N2O2. The number of ketones is 1. The van der Waals surface area contributed by atoms with Crippen molar-refractivity contribution in [3.63, 3.8) is 0 Å². The number of benzene rings is 2. The Labute approximate surface area is 143 Å². The molecule has 4 nitrogen and oxygen atoms in total. The van der Waals surface area contributed by atoms with Crippen LogP contribution in [0.15, 0.2) is 36.4 Å². The Kier molecular flexibility index (Phi) is 5.83. The Bertz CT molecular complexity index is 693. The molecule has 0 unspecified atom stereocenters. The number of hydrogen-bond donors (Lipinski definition) is 1. The number of carbonyl (C=O) groups excluding carboxylic acids is 1. The van der Waals surface area contributed by atoms with E-state index in [2.05, 4.69) is 17.1 Å². The van der Waals surface area contributed by atoms with Gasteiger partial charge in [0.05, 0.1) is 12.2 Å². The molecule has 2 aromatic carbocycles. The summed E-state index contributed by atoms with van der Waals surface area (Å²) in [4.78, 5) is 15.3. The number of nitrogens with zero attached hydrogens (tertiary/aromatic N) is 1. The molecule has 1 aliphatic heterocycles. The topological polar surface area (TPSA) is 41.6 Å². The average Bonchev–Trinajstić information content (AvgIpc) is 2.64. The largest absolute Gasteiger partial charge is 0.493 e. The molecule has 0 bridgehead atoms. The standard InChI is InChI=1S/C20H26N2O2/c1-2-15-24-19-8-7-16-5-3-4-6-17(16)20(19)18(23)9-12-22-13-10-21-11-14-22/h3-8,21H,2,9-15H2,1H3. The fourth-order valence-electron chi connectivity index (χ4n) is 3.19. The highest BCUT2D eigenvalue weighted by Gasteiger charge is 2.18. The molecule has 4 heteroatoms. The number of rotatable bonds is 7. The molecule has 1 N–H and O–H groups in total. The molecule has 0 amide bonds. The Morgan fingerprint density at radius 2 is 1.96 bits per heavy atom. The maximum atomic E-state index is 13.0. The average molecular weight is 326 g/mol. The van der Waals surface area contributed by atoms with Gasteiger partial charge < -0.3 is 15.0 Å². The SMILES string of the molecule is CCCOc1ccc2ccccc2c1C(=O)CCN1CCNCC1. The molecule has 1 saturated heterocycles. The molecule has 0 atom stereocenters. The highest BCUT2D eigenvalue weighted by Crippen LogP contribution is 2.29. The second-order valence-electron chi connectivity index (χ2n) is 6.27. The molecule has 0 aliphatic carbocycles. The summed E-state index contributed by atoms with van der Waals surface area (Å²) in [5.74, 6) is 0.900. The summed E-state index contributed by atoms with van der Waals surface area (Å²) < 4.78 is 5.86. The summed E-state index contributed by atoms with van der Waals surface area (Å²) in [6.45, 7) is 7.57. The van der Waals surface area contributed by atoms with E-state index in [-0.39, 0.29) is 5.78 Å². The van der Waals surface area contributed by atoms with Crippen LogP contribution in [0.1, 0.15) is 30.1 Å². The number of Topliss-reactive ketones (excluding diaryl/α,β-unsaturated/α-hetero) is 1. The van der Waals surface area contributed by atoms with Crippen molar-refractivity contribution < 1.29 is 9.53 Å². The lowest BCUT2D eigenvalue weighted by atomic mass is 9.98. The third kappa shape index (κ3) is 3.94. The summed E-state index contributed by atoms with van der Waals surface area (Å²) in [6.07, 6.45) is 1.47. The zero-order valence-electron chi connectivity index (χ0n) is 14.4. The third-order valence-electron chi connectivity index (χ3n) is 4.50. The highest BCUT2D eigenvalue weighted by molar-refractivity contribution is 6.10. The lowest BCUT2D eigenvalue weighted by Gasteiger charge is -2.26. The molecule has 3 rings (SSSR count). The molecule has 0 saturated carbocycles. The van der Waals surface area contributed by atoms with Crippen molar-refractivity contribution in [1.29, 1.82) is 0 Å². The summed E-state index contributed by atoms with van der Waals surface area (Å²) in [5.41, 5.74) is 0.747. The first kappa shape index (κ1) is 16.9. The molecule has 1 fully saturated rings. The van der Waals surface area contributed by atoms with Gasteiger partial charge in [-0.3, -0.25) is 4.79 Å². The Balaban J connectivity index is 1.82. The van der Waals surface area contributed by atoms with E-state index in [9.17, 15) is 4.79 Å². The molecule has 1 aliphatic rings. The molecule has 0 radical (unpaired) electrons. The number of ether oxygens (including phenoxy) is 1. The van der Waals surface area contributed by atoms with Gasteiger partial charge in [-0.15, -0.1) is 0 Å². The van der Waals surface area contributed by atoms with Crippen LogP contribution in [0.3, 0.4) is 0 Å². The molecule has 2 aromatic rings. The minimum absolute atomic E-state index is 0.177. The molecule has 128 valence electrons. The summed E-state index contributed by atoms with van der Waals surface area (Å²) in [5, 5.41) is 5.43. The van der Waals surface area contributed by atoms with E-state index in [0.717, 1.165) is 61.2 Å². The van der Waals surface area contributed by atoms with Crippen LogP contribution >= 0.6 is 0 Å². The van der Waals surface area contributed by atoms with Crippen molar-refractivity contribution in [3.8, 4) is 5.75 Å². The lowest BCUT2D eigenvalue weighted by Crippen LogP contribution is -2.44. The minimum Gasteiger partial charge on any atom is -0.493 e. The summed E-state index contributed by atoms with van der Waals surface area (Å²) in [6, 6.07) is 12.0. The monoisotopic (exact) mass is 326 g/mol. The first-order valence-corrected chi connectivity index (χ1v) is 8.90. The van der Waals surface area contributed by atoms with Gasteiger partial charge in [0, 0.05) is 39.1 Å². The smallest absolute Gasteiger partial charge is 0.168 e. The number of piperazine rings is 1. The van der Waals surface area contributed by atoms with E-state index in [1.54, 1.807) is 0 Å². The zero-order valence-corrected chi connectivity index (χ0v) is 14.4. The Morgan fingerprint density at radius 3 is 2.75 bits per heavy atom. The zero-order chi connectivity index (χ0) is 16.8. The van der Waals surface area contributed by atoms with Crippen molar-refractivity contribution >= 4 is 16.6 Å². The number of nitrogens with one attached hydrogen (secondary N) is 1. The van der Waals surface area contributed by atoms with Gasteiger partial charge in [0.1, 0.15) is 5.75 Å². The van der Waals surface area contributed by atoms with Gasteiger partial charge in [0.15, 0.2) is 5.78 Å². The predicted molar refractivity (Wildman–Crippen MR) is 98.0 cm³/mol. The predicted octanol–water partition coefficient (Wildman–Crippen LogP) is 3.11. The van der Waals surface area contributed by atoms with E-state index < -0.39 is 0 Å². The fraction of sp³-hybridized carbons (Fsp3) is 0.450. The molecule has 0 aromatic heterocycles. The van der Waals surface area contributed by atoms with Crippen LogP contribution in [0.4, 0.5) is 0 Å². The highest BCUT2D eigenvalue weighted by atomic mass is 16.5. The quantitative estimate of drug-likeness (QED) is 0.794. The maximum Gasteiger partial charge on any atom is 0.168 e. The lowest BCUT2D eigenvalue weighted by molar-refractivity contribution is 0.0958. The van der Waals surface area contributed by atoms with E-state index >= 15 is 0 Å². The van der Waals surface area contributed by atoms with E-state index in [1.807, 2.05) is 36.4 Å². The molecular weight excluding hydrogens is 300 g/mol. The summed E-state index contributed by atoms with van der Waals surface area (Å²) in [7, 11) is 0. The fourth-order valence-corrected chi connectivity index (χ4v) is 3.19. The van der Waals surface area contributed by atoms with E-state index in [1.165, 1.54) is 0 Å². The van der Waals surface area contributed by atoms with Gasteiger partial charge in [-0.1, -0.05) is 37.3 Å². The van der Waals surface area contributed by atoms with Crippen LogP contribution in [-0.4, -0.2) is 50.0 Å². The van der Waals surface area contributed by atoms with Crippen molar-refractivity contribution in [3.05, 3.63) is 42.0 Å². The van der Waals surface area contributed by atoms with Gasteiger partial charge >= 0.3 is 0 Å². The van der Waals surface area contributed by atoms with Crippen LogP contribution < -0.4 is 10.1 Å². The van der Waals surface area contributed by atoms with E-state index in [4.69, 9.17) is 4.74 Å². The van der Waals surface area contributed by atoms with Crippen molar-refractivity contribution in [2.24, 2.45) is 0 Å². The summed E-state index contributed by atoms with van der Waals surface area (Å²) >= 11 is 0.